The molecular weight excluding hydrogens is 158 g/mol. The van der Waals surface area contributed by atoms with Crippen LogP contribution in [0.1, 0.15) is 13.8 Å². The lowest BCUT2D eigenvalue weighted by Gasteiger charge is -2.05. The molecule has 0 aromatic carbocycles. The minimum absolute atomic E-state index is 0.118. The summed E-state index contributed by atoms with van der Waals surface area (Å²) in [6.07, 6.45) is -0.985. The molecule has 2 N–H and O–H groups in total. The van der Waals surface area contributed by atoms with Gasteiger partial charge in [0, 0.05) is 0 Å². The molecule has 0 bridgehead atoms. The van der Waals surface area contributed by atoms with Crippen LogP contribution in [0.5, 0.6) is 0 Å². The molecule has 0 spiro atoms. The van der Waals surface area contributed by atoms with Crippen molar-refractivity contribution in [3.8, 4) is 0 Å². The molecule has 0 aliphatic rings. The first-order valence-electron chi connectivity index (χ1n) is 2.82. The third kappa shape index (κ3) is 4.68. The van der Waals surface area contributed by atoms with Crippen LogP contribution in [0, 0.1) is 0 Å². The summed E-state index contributed by atoms with van der Waals surface area (Å²) in [7, 11) is -3.49. The van der Waals surface area contributed by atoms with E-state index in [1.54, 1.807) is 0 Å². The topological polar surface area (TPSA) is 75.6 Å². The van der Waals surface area contributed by atoms with E-state index in [1.165, 1.54) is 13.8 Å². The maximum Gasteiger partial charge on any atom is 0.283 e. The highest BCUT2D eigenvalue weighted by molar-refractivity contribution is 7.86. The minimum Gasteiger partial charge on any atom is -0.377 e. The molecule has 1 atom stereocenters. The molecule has 62 valence electrons. The van der Waals surface area contributed by atoms with Gasteiger partial charge in [0.2, 0.25) is 0 Å². The van der Waals surface area contributed by atoms with Gasteiger partial charge in [-0.25, -0.2) is 0 Å². The Kier molecular flexibility index (Phi) is 3.80. The zero-order chi connectivity index (χ0) is 8.20. The quantitative estimate of drug-likeness (QED) is 0.425. The predicted molar refractivity (Wildman–Crippen MR) is 35.4 cm³/mol. The average Bonchev–Trinajstić information content (AvgIpc) is 1.85. The summed E-state index contributed by atoms with van der Waals surface area (Å²) < 4.78 is 25.1. The summed E-state index contributed by atoms with van der Waals surface area (Å²) in [6, 6.07) is 0. The van der Waals surface area contributed by atoms with Crippen molar-refractivity contribution in [1.82, 2.24) is 5.48 Å². The molecule has 0 radical (unpaired) electrons. The fourth-order valence-electron chi connectivity index (χ4n) is 0.202. The number of rotatable bonds is 4. The largest absolute Gasteiger partial charge is 0.377 e. The van der Waals surface area contributed by atoms with E-state index < -0.39 is 16.3 Å². The number of nitrogens with one attached hydrogen (secondary N) is 1. The van der Waals surface area contributed by atoms with Crippen molar-refractivity contribution in [2.45, 2.75) is 20.1 Å². The van der Waals surface area contributed by atoms with Crippen LogP contribution >= 0.6 is 0 Å². The molecular formula is C4H11NO4S. The van der Waals surface area contributed by atoms with Gasteiger partial charge in [-0.1, -0.05) is 0 Å². The summed E-state index contributed by atoms with van der Waals surface area (Å²) in [5.41, 5.74) is 1.90. The maximum atomic E-state index is 10.5. The van der Waals surface area contributed by atoms with Crippen molar-refractivity contribution in [2.24, 2.45) is 0 Å². The van der Waals surface area contributed by atoms with Crippen LogP contribution in [0.2, 0.25) is 0 Å². The van der Waals surface area contributed by atoms with Crippen molar-refractivity contribution < 1.29 is 17.8 Å². The first-order chi connectivity index (χ1) is 4.48. The molecule has 6 heteroatoms. The standard InChI is InChI=1S/C4H11NO4S/c1-3-10(7,8)9-5-4(2)6/h4-6H,3H2,1-2H3. The Bertz CT molecular complexity index is 174. The molecule has 0 saturated carbocycles. The molecule has 0 amide bonds. The molecule has 1 unspecified atom stereocenters. The average molecular weight is 169 g/mol. The second kappa shape index (κ2) is 3.87. The zero-order valence-corrected chi connectivity index (χ0v) is 6.68. The van der Waals surface area contributed by atoms with Crippen molar-refractivity contribution >= 4 is 10.1 Å². The highest BCUT2D eigenvalue weighted by Gasteiger charge is 2.07. The Labute approximate surface area is 60.1 Å². The molecule has 0 fully saturated rings. The van der Waals surface area contributed by atoms with Crippen LogP contribution in [0.4, 0.5) is 0 Å². The zero-order valence-electron chi connectivity index (χ0n) is 5.86. The van der Waals surface area contributed by atoms with E-state index >= 15 is 0 Å². The van der Waals surface area contributed by atoms with Gasteiger partial charge in [-0.05, 0) is 13.8 Å². The summed E-state index contributed by atoms with van der Waals surface area (Å²) in [5, 5.41) is 8.51. The van der Waals surface area contributed by atoms with Crippen LogP contribution in [-0.2, 0) is 14.4 Å². The molecule has 5 nitrogen and oxygen atoms in total. The second-order valence-corrected chi connectivity index (χ2v) is 3.58. The van der Waals surface area contributed by atoms with Gasteiger partial charge in [-0.15, -0.1) is 0 Å². The van der Waals surface area contributed by atoms with Gasteiger partial charge in [0.25, 0.3) is 10.1 Å². The molecule has 0 aromatic rings. The Hall–Kier alpha value is -0.170. The van der Waals surface area contributed by atoms with Crippen molar-refractivity contribution in [3.63, 3.8) is 0 Å². The Morgan fingerprint density at radius 3 is 2.50 bits per heavy atom. The van der Waals surface area contributed by atoms with Gasteiger partial charge in [0.1, 0.15) is 6.23 Å². The van der Waals surface area contributed by atoms with Gasteiger partial charge in [0.15, 0.2) is 0 Å². The van der Waals surface area contributed by atoms with Crippen molar-refractivity contribution in [2.75, 3.05) is 5.75 Å². The Morgan fingerprint density at radius 2 is 2.20 bits per heavy atom. The lowest BCUT2D eigenvalue weighted by molar-refractivity contribution is 0.0377. The van der Waals surface area contributed by atoms with Crippen LogP contribution in [0.3, 0.4) is 0 Å². The smallest absolute Gasteiger partial charge is 0.283 e. The number of hydroxylamine groups is 1. The van der Waals surface area contributed by atoms with Gasteiger partial charge in [-0.3, -0.25) is 0 Å². The monoisotopic (exact) mass is 169 g/mol. The Balaban J connectivity index is 3.70. The summed E-state index contributed by atoms with van der Waals surface area (Å²) in [6.45, 7) is 2.80. The fourth-order valence-corrected chi connectivity index (χ4v) is 0.606. The first-order valence-corrected chi connectivity index (χ1v) is 4.40. The van der Waals surface area contributed by atoms with Gasteiger partial charge in [-0.2, -0.15) is 18.2 Å². The van der Waals surface area contributed by atoms with Gasteiger partial charge < -0.3 is 5.11 Å². The van der Waals surface area contributed by atoms with Crippen LogP contribution in [0.25, 0.3) is 0 Å². The highest BCUT2D eigenvalue weighted by atomic mass is 32.2. The van der Waals surface area contributed by atoms with E-state index in [9.17, 15) is 8.42 Å². The SMILES string of the molecule is CCS(=O)(=O)ONC(C)O. The molecule has 0 aliphatic carbocycles. The molecule has 0 aromatic heterocycles. The molecule has 0 heterocycles. The minimum atomic E-state index is -3.49. The normalized spacial score (nSPS) is 15.1. The van der Waals surface area contributed by atoms with Crippen LogP contribution in [0.15, 0.2) is 0 Å². The summed E-state index contributed by atoms with van der Waals surface area (Å²) in [5.74, 6) is -0.118. The molecule has 10 heavy (non-hydrogen) atoms. The number of hydrogen-bond acceptors (Lipinski definition) is 5. The van der Waals surface area contributed by atoms with E-state index in [1.807, 2.05) is 5.48 Å². The van der Waals surface area contributed by atoms with E-state index in [0.717, 1.165) is 0 Å². The molecule has 0 rings (SSSR count). The first kappa shape index (κ1) is 9.83. The number of aliphatic hydroxyl groups excluding tert-OH is 1. The third-order valence-corrected chi connectivity index (χ3v) is 1.76. The maximum absolute atomic E-state index is 10.5. The van der Waals surface area contributed by atoms with Gasteiger partial charge in [0.05, 0.1) is 5.75 Å². The van der Waals surface area contributed by atoms with E-state index in [4.69, 9.17) is 5.11 Å². The fraction of sp³-hybridized carbons (Fsp3) is 1.00. The van der Waals surface area contributed by atoms with Crippen molar-refractivity contribution in [3.05, 3.63) is 0 Å². The summed E-state index contributed by atoms with van der Waals surface area (Å²) in [4.78, 5) is 0. The highest BCUT2D eigenvalue weighted by Crippen LogP contribution is 1.88. The predicted octanol–water partition coefficient (Wildman–Crippen LogP) is -0.804. The lowest BCUT2D eigenvalue weighted by atomic mass is 10.7. The van der Waals surface area contributed by atoms with E-state index in [-0.39, 0.29) is 5.75 Å². The Morgan fingerprint density at radius 1 is 1.70 bits per heavy atom. The summed E-state index contributed by atoms with van der Waals surface area (Å²) >= 11 is 0. The van der Waals surface area contributed by atoms with E-state index in [2.05, 4.69) is 4.28 Å². The number of hydrogen-bond donors (Lipinski definition) is 2. The van der Waals surface area contributed by atoms with Crippen LogP contribution in [-0.4, -0.2) is 25.5 Å². The van der Waals surface area contributed by atoms with Gasteiger partial charge >= 0.3 is 0 Å². The van der Waals surface area contributed by atoms with E-state index in [0.29, 0.717) is 0 Å². The molecule has 0 aliphatic heterocycles. The van der Waals surface area contributed by atoms with Crippen molar-refractivity contribution in [1.29, 1.82) is 0 Å². The molecule has 0 saturated heterocycles. The number of aliphatic hydroxyl groups is 1. The van der Waals surface area contributed by atoms with Crippen LogP contribution < -0.4 is 5.48 Å². The second-order valence-electron chi connectivity index (χ2n) is 1.72. The third-order valence-electron chi connectivity index (χ3n) is 0.699. The lowest BCUT2D eigenvalue weighted by Crippen LogP contribution is -2.29.